The molecule has 1 saturated heterocycles. The van der Waals surface area contributed by atoms with Crippen molar-refractivity contribution in [1.82, 2.24) is 19.8 Å². The van der Waals surface area contributed by atoms with E-state index in [0.29, 0.717) is 31.8 Å². The average molecular weight is 569 g/mol. The van der Waals surface area contributed by atoms with E-state index in [9.17, 15) is 4.79 Å². The molecule has 2 aliphatic heterocycles. The number of benzene rings is 2. The minimum Gasteiger partial charge on any atom is -0.493 e. The number of nitrogens with zero attached hydrogens (tertiary/aromatic N) is 4. The molecule has 3 aromatic rings. The molecular weight excluding hydrogens is 528 g/mol. The average Bonchev–Trinajstić information content (AvgIpc) is 3.02. The Bertz CT molecular complexity index is 1390. The number of carbonyl (C=O) groups is 1. The van der Waals surface area contributed by atoms with E-state index < -0.39 is 0 Å². The fraction of sp³-hybridized carbons (Fsp3) is 0.364. The molecule has 2 aliphatic rings. The van der Waals surface area contributed by atoms with Crippen LogP contribution < -0.4 is 15.4 Å². The van der Waals surface area contributed by atoms with E-state index in [1.165, 1.54) is 6.08 Å². The van der Waals surface area contributed by atoms with Crippen molar-refractivity contribution >= 4 is 23.2 Å². The summed E-state index contributed by atoms with van der Waals surface area (Å²) >= 11 is 0. The number of hydrogen-bond acceptors (Lipinski definition) is 8. The molecular formula is C33H40N6O3. The molecule has 42 heavy (non-hydrogen) atoms. The minimum atomic E-state index is 0.0149. The number of aromatic nitrogens is 2. The third kappa shape index (κ3) is 8.18. The van der Waals surface area contributed by atoms with Gasteiger partial charge in [0.2, 0.25) is 11.9 Å². The molecule has 0 radical (unpaired) electrons. The molecule has 1 amide bonds. The van der Waals surface area contributed by atoms with Gasteiger partial charge >= 0.3 is 0 Å². The maximum atomic E-state index is 12.1. The van der Waals surface area contributed by atoms with E-state index in [1.54, 1.807) is 6.20 Å². The number of anilines is 3. The number of fused-ring (bicyclic) bond motifs is 7. The molecule has 3 heterocycles. The summed E-state index contributed by atoms with van der Waals surface area (Å²) in [6.07, 6.45) is 10.2. The maximum absolute atomic E-state index is 12.1. The number of ether oxygens (including phenoxy) is 2. The number of amides is 1. The molecule has 1 aromatic heterocycles. The van der Waals surface area contributed by atoms with Gasteiger partial charge in [0.25, 0.3) is 0 Å². The van der Waals surface area contributed by atoms with Crippen molar-refractivity contribution in [3.63, 3.8) is 0 Å². The van der Waals surface area contributed by atoms with Gasteiger partial charge in [0.05, 0.1) is 25.5 Å². The van der Waals surface area contributed by atoms with Crippen molar-refractivity contribution in [3.05, 3.63) is 85.1 Å². The van der Waals surface area contributed by atoms with Crippen LogP contribution in [-0.2, 0) is 16.1 Å². The van der Waals surface area contributed by atoms with Gasteiger partial charge in [0.1, 0.15) is 5.75 Å². The molecule has 1 unspecified atom stereocenters. The Kier molecular flexibility index (Phi) is 10.2. The maximum Gasteiger partial charge on any atom is 0.246 e. The molecule has 1 atom stereocenters. The first-order chi connectivity index (χ1) is 20.6. The summed E-state index contributed by atoms with van der Waals surface area (Å²) in [5.41, 5.74) is 4.70. The second-order valence-electron chi connectivity index (χ2n) is 10.7. The standard InChI is InChI=1S/C33H40N6O3/c1-3-32(40)39-15-8-10-29(23-39)38(2)16-14-34-27-19-25-20-28(22-27)36-33-35-13-12-31(37-33)26-9-7-11-30(21-26)42-18-6-4-5-17-41-24-25/h3-5,7,9,11-13,19-22,29,34H,1,6,8,10,14-18,23-24H2,2H3,(H,35,36,37)/b5-4+. The predicted octanol–water partition coefficient (Wildman–Crippen LogP) is 5.26. The lowest BCUT2D eigenvalue weighted by Gasteiger charge is -2.37. The summed E-state index contributed by atoms with van der Waals surface area (Å²) in [6, 6.07) is 16.5. The smallest absolute Gasteiger partial charge is 0.246 e. The Balaban J connectivity index is 1.29. The predicted molar refractivity (Wildman–Crippen MR) is 167 cm³/mol. The molecule has 9 heteroatoms. The first-order valence-corrected chi connectivity index (χ1v) is 14.6. The van der Waals surface area contributed by atoms with Crippen molar-refractivity contribution in [2.75, 3.05) is 57.1 Å². The monoisotopic (exact) mass is 568 g/mol. The molecule has 5 rings (SSSR count). The lowest BCUT2D eigenvalue weighted by atomic mass is 10.0. The lowest BCUT2D eigenvalue weighted by Crippen LogP contribution is -2.49. The molecule has 0 saturated carbocycles. The first kappa shape index (κ1) is 29.3. The third-order valence-corrected chi connectivity index (χ3v) is 7.54. The number of carbonyl (C=O) groups excluding carboxylic acids is 1. The SMILES string of the molecule is C=CC(=O)N1CCCC(N(C)CCNc2cc3cc(c2)Nc2nccc(n2)-c2cccc(c2)OCC/C=C/COC3)C1. The van der Waals surface area contributed by atoms with Crippen LogP contribution in [0.15, 0.2) is 79.5 Å². The Morgan fingerprint density at radius 2 is 2.17 bits per heavy atom. The summed E-state index contributed by atoms with van der Waals surface area (Å²) in [5, 5.41) is 6.97. The third-order valence-electron chi connectivity index (χ3n) is 7.54. The van der Waals surface area contributed by atoms with Crippen LogP contribution in [0.2, 0.25) is 0 Å². The molecule has 2 N–H and O–H groups in total. The highest BCUT2D eigenvalue weighted by molar-refractivity contribution is 5.87. The van der Waals surface area contributed by atoms with Crippen LogP contribution in [0.25, 0.3) is 11.3 Å². The fourth-order valence-corrected chi connectivity index (χ4v) is 5.28. The van der Waals surface area contributed by atoms with E-state index in [2.05, 4.69) is 58.4 Å². The van der Waals surface area contributed by atoms with Crippen LogP contribution in [0.1, 0.15) is 24.8 Å². The summed E-state index contributed by atoms with van der Waals surface area (Å²) in [4.78, 5) is 25.6. The molecule has 6 bridgehead atoms. The van der Waals surface area contributed by atoms with Gasteiger partial charge < -0.3 is 25.0 Å². The van der Waals surface area contributed by atoms with Gasteiger partial charge in [-0.2, -0.15) is 0 Å². The van der Waals surface area contributed by atoms with E-state index in [1.807, 2.05) is 41.3 Å². The minimum absolute atomic E-state index is 0.0149. The summed E-state index contributed by atoms with van der Waals surface area (Å²) in [7, 11) is 2.13. The van der Waals surface area contributed by atoms with Crippen LogP contribution in [0.3, 0.4) is 0 Å². The largest absolute Gasteiger partial charge is 0.493 e. The molecule has 2 aromatic carbocycles. The van der Waals surface area contributed by atoms with E-state index in [4.69, 9.17) is 14.5 Å². The van der Waals surface area contributed by atoms with Crippen molar-refractivity contribution in [1.29, 1.82) is 0 Å². The van der Waals surface area contributed by atoms with Gasteiger partial charge in [0, 0.05) is 55.4 Å². The molecule has 0 spiro atoms. The van der Waals surface area contributed by atoms with E-state index in [-0.39, 0.29) is 5.91 Å². The number of likely N-dealkylation sites (N-methyl/N-ethyl adjacent to an activating group) is 1. The van der Waals surface area contributed by atoms with Crippen LogP contribution in [-0.4, -0.2) is 78.2 Å². The quantitative estimate of drug-likeness (QED) is 0.307. The van der Waals surface area contributed by atoms with Crippen molar-refractivity contribution in [3.8, 4) is 17.0 Å². The number of nitrogens with one attached hydrogen (secondary N) is 2. The second-order valence-corrected chi connectivity index (χ2v) is 10.7. The van der Waals surface area contributed by atoms with Crippen molar-refractivity contribution < 1.29 is 14.3 Å². The van der Waals surface area contributed by atoms with Gasteiger partial charge in [-0.3, -0.25) is 9.69 Å². The number of rotatable bonds is 6. The normalized spacial score (nSPS) is 18.1. The van der Waals surface area contributed by atoms with Gasteiger partial charge in [-0.25, -0.2) is 9.97 Å². The number of piperidine rings is 1. The highest BCUT2D eigenvalue weighted by Gasteiger charge is 2.24. The van der Waals surface area contributed by atoms with Crippen molar-refractivity contribution in [2.45, 2.75) is 31.9 Å². The van der Waals surface area contributed by atoms with Gasteiger partial charge in [-0.05, 0) is 74.3 Å². The first-order valence-electron chi connectivity index (χ1n) is 14.6. The van der Waals surface area contributed by atoms with Gasteiger partial charge in [-0.1, -0.05) is 30.9 Å². The highest BCUT2D eigenvalue weighted by Crippen LogP contribution is 2.26. The van der Waals surface area contributed by atoms with Gasteiger partial charge in [-0.15, -0.1) is 0 Å². The Hall–Kier alpha value is -4.21. The van der Waals surface area contributed by atoms with Crippen LogP contribution in [0, 0.1) is 0 Å². The Morgan fingerprint density at radius 1 is 1.24 bits per heavy atom. The number of likely N-dealkylation sites (tertiary alicyclic amines) is 1. The summed E-state index contributed by atoms with van der Waals surface area (Å²) in [5.74, 6) is 1.34. The fourth-order valence-electron chi connectivity index (χ4n) is 5.28. The zero-order valence-corrected chi connectivity index (χ0v) is 24.3. The molecule has 0 aliphatic carbocycles. The second kappa shape index (κ2) is 14.6. The summed E-state index contributed by atoms with van der Waals surface area (Å²) < 4.78 is 11.9. The zero-order chi connectivity index (χ0) is 29.1. The van der Waals surface area contributed by atoms with Crippen LogP contribution >= 0.6 is 0 Å². The Morgan fingerprint density at radius 3 is 3.07 bits per heavy atom. The molecule has 1 fully saturated rings. The highest BCUT2D eigenvalue weighted by atomic mass is 16.5. The van der Waals surface area contributed by atoms with E-state index in [0.717, 1.165) is 79.4 Å². The molecule has 9 nitrogen and oxygen atoms in total. The zero-order valence-electron chi connectivity index (χ0n) is 24.3. The topological polar surface area (TPSA) is 91.9 Å². The number of hydrogen-bond donors (Lipinski definition) is 2. The lowest BCUT2D eigenvalue weighted by molar-refractivity contribution is -0.127. The van der Waals surface area contributed by atoms with E-state index >= 15 is 0 Å². The Labute approximate surface area is 248 Å². The molecule has 220 valence electrons. The van der Waals surface area contributed by atoms with Crippen LogP contribution in [0.5, 0.6) is 5.75 Å². The summed E-state index contributed by atoms with van der Waals surface area (Å²) in [6.45, 7) is 8.40. The van der Waals surface area contributed by atoms with Crippen LogP contribution in [0.4, 0.5) is 17.3 Å². The van der Waals surface area contributed by atoms with Crippen molar-refractivity contribution in [2.24, 2.45) is 0 Å². The van der Waals surface area contributed by atoms with Gasteiger partial charge in [0.15, 0.2) is 0 Å².